The second-order valence-corrected chi connectivity index (χ2v) is 3.05. The van der Waals surface area contributed by atoms with Crippen molar-refractivity contribution in [3.8, 4) is 0 Å². The van der Waals surface area contributed by atoms with Gasteiger partial charge in [0.05, 0.1) is 6.20 Å². The van der Waals surface area contributed by atoms with Crippen LogP contribution in [0.25, 0.3) is 0 Å². The van der Waals surface area contributed by atoms with Crippen LogP contribution in [0, 0.1) is 5.82 Å². The van der Waals surface area contributed by atoms with Gasteiger partial charge in [-0.05, 0) is 17.7 Å². The Morgan fingerprint density at radius 3 is 2.53 bits per heavy atom. The van der Waals surface area contributed by atoms with E-state index in [-0.39, 0.29) is 22.8 Å². The average Bonchev–Trinajstić information content (AvgIpc) is 2.23. The van der Waals surface area contributed by atoms with E-state index in [0.29, 0.717) is 6.54 Å². The van der Waals surface area contributed by atoms with Crippen molar-refractivity contribution in [1.29, 1.82) is 0 Å². The molecule has 4 heteroatoms. The molecule has 0 radical (unpaired) electrons. The molecule has 1 aromatic carbocycles. The van der Waals surface area contributed by atoms with Crippen LogP contribution in [0.3, 0.4) is 0 Å². The van der Waals surface area contributed by atoms with E-state index >= 15 is 0 Å². The maximum Gasteiger partial charge on any atom is 0.286 e. The third-order valence-corrected chi connectivity index (χ3v) is 1.94. The molecule has 0 aliphatic heterocycles. The van der Waals surface area contributed by atoms with Gasteiger partial charge in [0.2, 0.25) is 0 Å². The summed E-state index contributed by atoms with van der Waals surface area (Å²) in [6, 6.07) is 8.34. The van der Waals surface area contributed by atoms with Gasteiger partial charge in [0, 0.05) is 6.07 Å². The maximum atomic E-state index is 12.6. The number of hydrogen-bond donors (Lipinski definition) is 0. The molecule has 0 N–H and O–H groups in total. The molecule has 2 rings (SSSR count). The number of benzene rings is 1. The zero-order valence-corrected chi connectivity index (χ0v) is 9.56. The quantitative estimate of drug-likeness (QED) is 0.610. The van der Waals surface area contributed by atoms with Gasteiger partial charge in [0.15, 0.2) is 0 Å². The van der Waals surface area contributed by atoms with E-state index in [1.807, 2.05) is 16.8 Å². The van der Waals surface area contributed by atoms with Gasteiger partial charge < -0.3 is 17.0 Å². The van der Waals surface area contributed by atoms with Crippen molar-refractivity contribution in [3.05, 3.63) is 60.4 Å². The average molecular weight is 269 g/mol. The normalized spacial score (nSPS) is 9.40. The number of aromatic nitrogens is 2. The fourth-order valence-corrected chi connectivity index (χ4v) is 1.26. The van der Waals surface area contributed by atoms with Gasteiger partial charge in [-0.2, -0.15) is 0 Å². The van der Waals surface area contributed by atoms with Crippen LogP contribution in [-0.2, 0) is 6.54 Å². The minimum absolute atomic E-state index is 0. The van der Waals surface area contributed by atoms with Gasteiger partial charge in [-0.15, -0.1) is 0 Å². The lowest BCUT2D eigenvalue weighted by Crippen LogP contribution is -3.00. The highest BCUT2D eigenvalue weighted by molar-refractivity contribution is 5.14. The van der Waals surface area contributed by atoms with Crippen LogP contribution in [0.2, 0.25) is 0 Å². The molecule has 1 heterocycles. The fourth-order valence-electron chi connectivity index (χ4n) is 1.26. The van der Waals surface area contributed by atoms with Crippen molar-refractivity contribution in [3.63, 3.8) is 0 Å². The van der Waals surface area contributed by atoms with E-state index in [1.165, 1.54) is 12.1 Å². The first-order valence-corrected chi connectivity index (χ1v) is 4.38. The van der Waals surface area contributed by atoms with Crippen LogP contribution in [0.15, 0.2) is 49.1 Å². The molecule has 78 valence electrons. The van der Waals surface area contributed by atoms with Crippen molar-refractivity contribution in [2.24, 2.45) is 0 Å². The van der Waals surface area contributed by atoms with Crippen LogP contribution < -0.4 is 21.5 Å². The van der Waals surface area contributed by atoms with Crippen molar-refractivity contribution in [2.75, 3.05) is 0 Å². The minimum atomic E-state index is -0.204. The zero-order chi connectivity index (χ0) is 9.80. The predicted molar refractivity (Wildman–Crippen MR) is 49.9 cm³/mol. The van der Waals surface area contributed by atoms with E-state index in [1.54, 1.807) is 24.7 Å². The first-order valence-electron chi connectivity index (χ1n) is 4.38. The van der Waals surface area contributed by atoms with Crippen molar-refractivity contribution in [1.82, 2.24) is 4.98 Å². The molecule has 0 unspecified atom stereocenters. The van der Waals surface area contributed by atoms with Crippen LogP contribution in [0.4, 0.5) is 4.39 Å². The summed E-state index contributed by atoms with van der Waals surface area (Å²) in [4.78, 5) is 3.99. The lowest BCUT2D eigenvalue weighted by molar-refractivity contribution is -0.691. The summed E-state index contributed by atoms with van der Waals surface area (Å²) in [6.45, 7) is 0.716. The molecule has 0 spiro atoms. The van der Waals surface area contributed by atoms with Gasteiger partial charge in [-0.1, -0.05) is 17.1 Å². The predicted octanol–water partition coefficient (Wildman–Crippen LogP) is -1.44. The molecule has 15 heavy (non-hydrogen) atoms. The topological polar surface area (TPSA) is 16.8 Å². The molecular weight excluding hydrogens is 259 g/mol. The zero-order valence-electron chi connectivity index (χ0n) is 7.98. The van der Waals surface area contributed by atoms with Crippen LogP contribution in [0.5, 0.6) is 0 Å². The highest BCUT2D eigenvalue weighted by Crippen LogP contribution is 2.01. The fraction of sp³-hybridized carbons (Fsp3) is 0.0909. The summed E-state index contributed by atoms with van der Waals surface area (Å²) in [5.41, 5.74) is 1.06. The SMILES string of the molecule is Fc1ccc(C[n+]2cccnc2)cc1.[Br-]. The Morgan fingerprint density at radius 2 is 1.93 bits per heavy atom. The number of hydrogen-bond acceptors (Lipinski definition) is 1. The second-order valence-electron chi connectivity index (χ2n) is 3.05. The van der Waals surface area contributed by atoms with E-state index in [0.717, 1.165) is 5.56 Å². The van der Waals surface area contributed by atoms with E-state index < -0.39 is 0 Å². The Bertz CT molecular complexity index is 403. The van der Waals surface area contributed by atoms with Gasteiger partial charge in [-0.3, -0.25) is 0 Å². The highest BCUT2D eigenvalue weighted by atomic mass is 79.9. The van der Waals surface area contributed by atoms with Crippen LogP contribution in [0.1, 0.15) is 5.56 Å². The monoisotopic (exact) mass is 268 g/mol. The summed E-state index contributed by atoms with van der Waals surface area (Å²) in [5, 5.41) is 0. The third kappa shape index (κ3) is 3.40. The van der Waals surface area contributed by atoms with Gasteiger partial charge in [0.25, 0.3) is 6.33 Å². The second kappa shape index (κ2) is 5.56. The van der Waals surface area contributed by atoms with Gasteiger partial charge >= 0.3 is 0 Å². The Labute approximate surface area is 98.2 Å². The molecule has 0 atom stereocenters. The summed E-state index contributed by atoms with van der Waals surface area (Å²) in [6.07, 6.45) is 5.39. The summed E-state index contributed by atoms with van der Waals surface area (Å²) in [7, 11) is 0. The van der Waals surface area contributed by atoms with Crippen LogP contribution >= 0.6 is 0 Å². The molecule has 1 aromatic heterocycles. The van der Waals surface area contributed by atoms with Crippen molar-refractivity contribution >= 4 is 0 Å². The van der Waals surface area contributed by atoms with Crippen molar-refractivity contribution < 1.29 is 25.9 Å². The summed E-state index contributed by atoms with van der Waals surface area (Å²) in [5.74, 6) is -0.204. The molecule has 0 aliphatic carbocycles. The van der Waals surface area contributed by atoms with Crippen molar-refractivity contribution in [2.45, 2.75) is 6.54 Å². The number of halogens is 2. The minimum Gasteiger partial charge on any atom is -1.00 e. The summed E-state index contributed by atoms with van der Waals surface area (Å²) < 4.78 is 14.5. The molecular formula is C11H10BrFN2. The lowest BCUT2D eigenvalue weighted by Gasteiger charge is -1.98. The number of rotatable bonds is 2. The molecule has 2 nitrogen and oxygen atoms in total. The largest absolute Gasteiger partial charge is 1.00 e. The van der Waals surface area contributed by atoms with Crippen LogP contribution in [-0.4, -0.2) is 4.98 Å². The van der Waals surface area contributed by atoms with E-state index in [2.05, 4.69) is 4.98 Å². The molecule has 0 fully saturated rings. The molecule has 0 saturated carbocycles. The Balaban J connectivity index is 0.00000112. The third-order valence-electron chi connectivity index (χ3n) is 1.94. The molecule has 0 saturated heterocycles. The first-order chi connectivity index (χ1) is 6.84. The molecule has 2 aromatic rings. The maximum absolute atomic E-state index is 12.6. The molecule has 0 aliphatic rings. The van der Waals surface area contributed by atoms with E-state index in [9.17, 15) is 4.39 Å². The smallest absolute Gasteiger partial charge is 0.286 e. The Kier molecular flexibility index (Phi) is 4.37. The summed E-state index contributed by atoms with van der Waals surface area (Å²) >= 11 is 0. The Hall–Kier alpha value is -1.29. The van der Waals surface area contributed by atoms with E-state index in [4.69, 9.17) is 0 Å². The lowest BCUT2D eigenvalue weighted by atomic mass is 10.2. The number of nitrogens with zero attached hydrogens (tertiary/aromatic N) is 2. The Morgan fingerprint density at radius 1 is 1.20 bits per heavy atom. The van der Waals surface area contributed by atoms with Gasteiger partial charge in [-0.25, -0.2) is 8.96 Å². The first kappa shape index (κ1) is 11.8. The highest BCUT2D eigenvalue weighted by Gasteiger charge is 1.98. The molecule has 0 amide bonds. The molecule has 0 bridgehead atoms. The standard InChI is InChI=1S/C11H10FN2.BrH/c12-11-4-2-10(3-5-11)8-14-7-1-6-13-9-14;/h1-7,9H,8H2;1H/q+1;/p-1. The van der Waals surface area contributed by atoms with Gasteiger partial charge in [0.1, 0.15) is 18.6 Å².